The predicted octanol–water partition coefficient (Wildman–Crippen LogP) is 1.53. The molecule has 0 aromatic carbocycles. The summed E-state index contributed by atoms with van der Waals surface area (Å²) in [7, 11) is 1.59. The van der Waals surface area contributed by atoms with E-state index in [4.69, 9.17) is 14.4 Å². The molecule has 1 heterocycles. The van der Waals surface area contributed by atoms with Crippen molar-refractivity contribution in [2.24, 2.45) is 0 Å². The van der Waals surface area contributed by atoms with Crippen molar-refractivity contribution in [1.82, 2.24) is 5.16 Å². The standard InChI is InChI=1S/C9H13NO4S/c1-13-5-8-4-7(10-14-8)6-15-3-2-9(11)12/h4H,2-3,5-6H2,1H3,(H,11,12). The van der Waals surface area contributed by atoms with Crippen molar-refractivity contribution in [3.8, 4) is 0 Å². The van der Waals surface area contributed by atoms with Gasteiger partial charge in [-0.15, -0.1) is 0 Å². The summed E-state index contributed by atoms with van der Waals surface area (Å²) in [6.45, 7) is 0.410. The molecule has 15 heavy (non-hydrogen) atoms. The largest absolute Gasteiger partial charge is 0.481 e. The van der Waals surface area contributed by atoms with Gasteiger partial charge >= 0.3 is 5.97 Å². The molecule has 0 saturated carbocycles. The minimum absolute atomic E-state index is 0.174. The Morgan fingerprint density at radius 1 is 1.73 bits per heavy atom. The van der Waals surface area contributed by atoms with Crippen molar-refractivity contribution >= 4 is 17.7 Å². The first-order chi connectivity index (χ1) is 7.22. The Labute approximate surface area is 91.8 Å². The van der Waals surface area contributed by atoms with Gasteiger partial charge in [-0.05, 0) is 0 Å². The van der Waals surface area contributed by atoms with Gasteiger partial charge in [0.05, 0.1) is 12.1 Å². The van der Waals surface area contributed by atoms with Gasteiger partial charge in [-0.3, -0.25) is 4.79 Å². The number of carboxylic acids is 1. The lowest BCUT2D eigenvalue weighted by molar-refractivity contribution is -0.136. The van der Waals surface area contributed by atoms with Gasteiger partial charge in [0.25, 0.3) is 0 Å². The molecular formula is C9H13NO4S. The highest BCUT2D eigenvalue weighted by atomic mass is 32.2. The summed E-state index contributed by atoms with van der Waals surface area (Å²) in [4.78, 5) is 10.2. The van der Waals surface area contributed by atoms with Gasteiger partial charge in [-0.2, -0.15) is 11.8 Å². The molecular weight excluding hydrogens is 218 g/mol. The SMILES string of the molecule is COCc1cc(CSCCC(=O)O)no1. The van der Waals surface area contributed by atoms with Crippen molar-refractivity contribution < 1.29 is 19.2 Å². The highest BCUT2D eigenvalue weighted by Gasteiger charge is 2.04. The van der Waals surface area contributed by atoms with Crippen LogP contribution >= 0.6 is 11.8 Å². The number of aromatic nitrogens is 1. The van der Waals surface area contributed by atoms with E-state index in [-0.39, 0.29) is 6.42 Å². The number of ether oxygens (including phenoxy) is 1. The third-order valence-corrected chi connectivity index (χ3v) is 2.60. The molecule has 1 rings (SSSR count). The zero-order valence-electron chi connectivity index (χ0n) is 8.43. The first-order valence-corrected chi connectivity index (χ1v) is 5.61. The molecule has 84 valence electrons. The van der Waals surface area contributed by atoms with E-state index in [1.165, 1.54) is 11.8 Å². The Morgan fingerprint density at radius 2 is 2.53 bits per heavy atom. The van der Waals surface area contributed by atoms with Crippen LogP contribution in [-0.4, -0.2) is 29.1 Å². The molecule has 0 saturated heterocycles. The average molecular weight is 231 g/mol. The van der Waals surface area contributed by atoms with Gasteiger partial charge in [0.15, 0.2) is 5.76 Å². The van der Waals surface area contributed by atoms with Crippen LogP contribution in [0.3, 0.4) is 0 Å². The lowest BCUT2D eigenvalue weighted by Gasteiger charge is -1.94. The molecule has 0 amide bonds. The minimum Gasteiger partial charge on any atom is -0.481 e. The van der Waals surface area contributed by atoms with Crippen LogP contribution in [0.2, 0.25) is 0 Å². The number of nitrogens with zero attached hydrogens (tertiary/aromatic N) is 1. The summed E-state index contributed by atoms with van der Waals surface area (Å²) in [6, 6.07) is 1.82. The summed E-state index contributed by atoms with van der Waals surface area (Å²) < 4.78 is 9.86. The first kappa shape index (κ1) is 12.1. The third-order valence-electron chi connectivity index (χ3n) is 1.60. The van der Waals surface area contributed by atoms with E-state index >= 15 is 0 Å². The number of hydrogen-bond donors (Lipinski definition) is 1. The molecule has 0 spiro atoms. The number of hydrogen-bond acceptors (Lipinski definition) is 5. The lowest BCUT2D eigenvalue weighted by atomic mass is 10.4. The van der Waals surface area contributed by atoms with Crippen molar-refractivity contribution in [1.29, 1.82) is 0 Å². The normalized spacial score (nSPS) is 10.5. The second-order valence-corrected chi connectivity index (χ2v) is 4.02. The summed E-state index contributed by atoms with van der Waals surface area (Å²) in [6.07, 6.45) is 0.174. The van der Waals surface area contributed by atoms with Crippen LogP contribution in [-0.2, 0) is 21.9 Å². The first-order valence-electron chi connectivity index (χ1n) is 4.45. The van der Waals surface area contributed by atoms with Gasteiger partial charge in [-0.25, -0.2) is 0 Å². The smallest absolute Gasteiger partial charge is 0.304 e. The summed E-state index contributed by atoms with van der Waals surface area (Å²) in [5.41, 5.74) is 0.817. The number of methoxy groups -OCH3 is 1. The van der Waals surface area contributed by atoms with Crippen molar-refractivity contribution in [3.63, 3.8) is 0 Å². The molecule has 0 unspecified atom stereocenters. The number of carbonyl (C=O) groups is 1. The van der Waals surface area contributed by atoms with E-state index in [9.17, 15) is 4.79 Å². The Bertz CT molecular complexity index is 313. The Balaban J connectivity index is 2.22. The van der Waals surface area contributed by atoms with Gasteiger partial charge < -0.3 is 14.4 Å². The molecule has 1 N–H and O–H groups in total. The molecule has 5 nitrogen and oxygen atoms in total. The van der Waals surface area contributed by atoms with Crippen molar-refractivity contribution in [2.45, 2.75) is 18.8 Å². The Hall–Kier alpha value is -1.01. The molecule has 0 aliphatic heterocycles. The average Bonchev–Trinajstić information content (AvgIpc) is 2.61. The van der Waals surface area contributed by atoms with Crippen molar-refractivity contribution in [2.75, 3.05) is 12.9 Å². The van der Waals surface area contributed by atoms with E-state index in [1.54, 1.807) is 7.11 Å². The number of rotatable bonds is 7. The van der Waals surface area contributed by atoms with Gasteiger partial charge in [-0.1, -0.05) is 5.16 Å². The van der Waals surface area contributed by atoms with Gasteiger partial charge in [0.2, 0.25) is 0 Å². The van der Waals surface area contributed by atoms with Gasteiger partial charge in [0, 0.05) is 24.7 Å². The Kier molecular flexibility index (Phi) is 5.20. The van der Waals surface area contributed by atoms with Gasteiger partial charge in [0.1, 0.15) is 6.61 Å². The molecule has 1 aromatic rings. The maximum Gasteiger partial charge on any atom is 0.304 e. The topological polar surface area (TPSA) is 72.6 Å². The quantitative estimate of drug-likeness (QED) is 0.717. The van der Waals surface area contributed by atoms with Crippen LogP contribution in [0.15, 0.2) is 10.6 Å². The molecule has 6 heteroatoms. The Morgan fingerprint density at radius 3 is 3.20 bits per heavy atom. The molecule has 0 aliphatic rings. The molecule has 0 aliphatic carbocycles. The molecule has 0 radical (unpaired) electrons. The van der Waals surface area contributed by atoms with Crippen LogP contribution in [0, 0.1) is 0 Å². The number of aliphatic carboxylic acids is 1. The minimum atomic E-state index is -0.775. The van der Waals surface area contributed by atoms with E-state index in [2.05, 4.69) is 5.16 Å². The van der Waals surface area contributed by atoms with E-state index in [1.807, 2.05) is 6.07 Å². The molecule has 0 atom stereocenters. The molecule has 0 fully saturated rings. The maximum absolute atomic E-state index is 10.2. The second kappa shape index (κ2) is 6.47. The van der Waals surface area contributed by atoms with Crippen LogP contribution in [0.5, 0.6) is 0 Å². The lowest BCUT2D eigenvalue weighted by Crippen LogP contribution is -1.96. The predicted molar refractivity (Wildman–Crippen MR) is 55.6 cm³/mol. The van der Waals surface area contributed by atoms with Crippen LogP contribution in [0.1, 0.15) is 17.9 Å². The monoisotopic (exact) mass is 231 g/mol. The third kappa shape index (κ3) is 4.85. The highest BCUT2D eigenvalue weighted by Crippen LogP contribution is 2.13. The van der Waals surface area contributed by atoms with Crippen molar-refractivity contribution in [3.05, 3.63) is 17.5 Å². The maximum atomic E-state index is 10.2. The van der Waals surface area contributed by atoms with E-state index < -0.39 is 5.97 Å². The second-order valence-electron chi connectivity index (χ2n) is 2.91. The van der Waals surface area contributed by atoms with Crippen LogP contribution < -0.4 is 0 Å². The fraction of sp³-hybridized carbons (Fsp3) is 0.556. The highest BCUT2D eigenvalue weighted by molar-refractivity contribution is 7.98. The van der Waals surface area contributed by atoms with E-state index in [0.29, 0.717) is 23.9 Å². The zero-order valence-corrected chi connectivity index (χ0v) is 9.25. The fourth-order valence-electron chi connectivity index (χ4n) is 0.970. The zero-order chi connectivity index (χ0) is 11.1. The molecule has 1 aromatic heterocycles. The summed E-state index contributed by atoms with van der Waals surface area (Å²) in [5, 5.41) is 12.2. The fourth-order valence-corrected chi connectivity index (χ4v) is 1.78. The van der Waals surface area contributed by atoms with Crippen LogP contribution in [0.25, 0.3) is 0 Å². The summed E-state index contributed by atoms with van der Waals surface area (Å²) in [5.74, 6) is 1.16. The molecule has 0 bridgehead atoms. The summed E-state index contributed by atoms with van der Waals surface area (Å²) >= 11 is 1.52. The van der Waals surface area contributed by atoms with E-state index in [0.717, 1.165) is 5.69 Å². The number of thioether (sulfide) groups is 1. The van der Waals surface area contributed by atoms with Crippen LogP contribution in [0.4, 0.5) is 0 Å². The number of carboxylic acid groups (broad SMARTS) is 1.